The summed E-state index contributed by atoms with van der Waals surface area (Å²) >= 11 is 0. The number of rotatable bonds is 7. The monoisotopic (exact) mass is 347 g/mol. The van der Waals surface area contributed by atoms with E-state index in [9.17, 15) is 24.3 Å². The van der Waals surface area contributed by atoms with Gasteiger partial charge in [-0.3, -0.25) is 14.9 Å². The van der Waals surface area contributed by atoms with E-state index in [1.807, 2.05) is 6.92 Å². The molecule has 1 aliphatic rings. The Labute approximate surface area is 145 Å². The Morgan fingerprint density at radius 3 is 2.60 bits per heavy atom. The van der Waals surface area contributed by atoms with Crippen LogP contribution in [0.4, 0.5) is 4.79 Å². The molecule has 1 aromatic carbocycles. The number of hydrogen-bond donors (Lipinski definition) is 4. The van der Waals surface area contributed by atoms with Crippen molar-refractivity contribution in [3.05, 3.63) is 35.4 Å². The molecule has 0 spiro atoms. The molecule has 2 unspecified atom stereocenters. The van der Waals surface area contributed by atoms with E-state index in [4.69, 9.17) is 0 Å². The Balaban J connectivity index is 2.20. The number of carbonyl (C=O) groups is 4. The summed E-state index contributed by atoms with van der Waals surface area (Å²) < 4.78 is 0. The van der Waals surface area contributed by atoms with E-state index in [0.717, 1.165) is 6.42 Å². The average molecular weight is 347 g/mol. The van der Waals surface area contributed by atoms with Crippen LogP contribution >= 0.6 is 0 Å². The van der Waals surface area contributed by atoms with Gasteiger partial charge >= 0.3 is 12.0 Å². The lowest BCUT2D eigenvalue weighted by molar-refractivity contribution is -0.139. The molecule has 2 rings (SSSR count). The summed E-state index contributed by atoms with van der Waals surface area (Å²) in [6, 6.07) is 4.62. The Kier molecular flexibility index (Phi) is 5.41. The molecule has 8 nitrogen and oxygen atoms in total. The predicted molar refractivity (Wildman–Crippen MR) is 88.9 cm³/mol. The standard InChI is InChI=1S/C17H21N3O5/c1-3-4-8-12(14(22)23)18-13(21)10-6-5-7-11(9-10)17(2)15(24)19-16(25)20-17/h5-7,9,12H,3-4,8H2,1-2H3,(H,18,21)(H,22,23)(H2,19,20,24,25). The number of hydrogen-bond acceptors (Lipinski definition) is 4. The Bertz CT molecular complexity index is 718. The van der Waals surface area contributed by atoms with E-state index in [1.165, 1.54) is 19.1 Å². The summed E-state index contributed by atoms with van der Waals surface area (Å²) in [5.41, 5.74) is -0.624. The van der Waals surface area contributed by atoms with Crippen molar-refractivity contribution in [3.63, 3.8) is 0 Å². The molecule has 134 valence electrons. The molecule has 0 bridgehead atoms. The smallest absolute Gasteiger partial charge is 0.326 e. The number of amides is 4. The molecule has 1 aromatic rings. The summed E-state index contributed by atoms with van der Waals surface area (Å²) in [6.45, 7) is 3.47. The van der Waals surface area contributed by atoms with Crippen molar-refractivity contribution < 1.29 is 24.3 Å². The molecular formula is C17H21N3O5. The van der Waals surface area contributed by atoms with E-state index in [2.05, 4.69) is 16.0 Å². The van der Waals surface area contributed by atoms with Crippen LogP contribution in [0.15, 0.2) is 24.3 Å². The number of benzene rings is 1. The Morgan fingerprint density at radius 2 is 2.04 bits per heavy atom. The lowest BCUT2D eigenvalue weighted by Crippen LogP contribution is -2.42. The molecule has 0 aliphatic carbocycles. The summed E-state index contributed by atoms with van der Waals surface area (Å²) in [6.07, 6.45) is 1.84. The van der Waals surface area contributed by atoms with E-state index in [-0.39, 0.29) is 5.56 Å². The molecule has 0 aromatic heterocycles. The first kappa shape index (κ1) is 18.4. The first-order valence-electron chi connectivity index (χ1n) is 8.05. The largest absolute Gasteiger partial charge is 0.480 e. The lowest BCUT2D eigenvalue weighted by Gasteiger charge is -2.22. The van der Waals surface area contributed by atoms with Crippen molar-refractivity contribution in [1.29, 1.82) is 0 Å². The van der Waals surface area contributed by atoms with Crippen LogP contribution in [-0.4, -0.2) is 35.0 Å². The zero-order valence-corrected chi connectivity index (χ0v) is 14.1. The average Bonchev–Trinajstić information content (AvgIpc) is 2.84. The molecule has 0 radical (unpaired) electrons. The number of unbranched alkanes of at least 4 members (excludes halogenated alkanes) is 1. The normalized spacial score (nSPS) is 20.6. The van der Waals surface area contributed by atoms with Crippen LogP contribution in [0.25, 0.3) is 0 Å². The van der Waals surface area contributed by atoms with Crippen molar-refractivity contribution >= 4 is 23.8 Å². The molecular weight excluding hydrogens is 326 g/mol. The van der Waals surface area contributed by atoms with Crippen LogP contribution < -0.4 is 16.0 Å². The molecule has 4 amide bonds. The van der Waals surface area contributed by atoms with Gasteiger partial charge in [0.25, 0.3) is 11.8 Å². The maximum atomic E-state index is 12.4. The molecule has 0 saturated carbocycles. The van der Waals surface area contributed by atoms with Crippen LogP contribution in [0.2, 0.25) is 0 Å². The molecule has 4 N–H and O–H groups in total. The van der Waals surface area contributed by atoms with Crippen LogP contribution in [0.5, 0.6) is 0 Å². The highest BCUT2D eigenvalue weighted by molar-refractivity contribution is 6.07. The van der Waals surface area contributed by atoms with Gasteiger partial charge in [-0.1, -0.05) is 31.9 Å². The van der Waals surface area contributed by atoms with Crippen molar-refractivity contribution in [2.24, 2.45) is 0 Å². The van der Waals surface area contributed by atoms with Gasteiger partial charge in [-0.05, 0) is 31.0 Å². The number of urea groups is 1. The number of carboxylic acid groups (broad SMARTS) is 1. The molecule has 1 aliphatic heterocycles. The fraction of sp³-hybridized carbons (Fsp3) is 0.412. The van der Waals surface area contributed by atoms with Gasteiger partial charge in [-0.2, -0.15) is 0 Å². The topological polar surface area (TPSA) is 125 Å². The first-order valence-corrected chi connectivity index (χ1v) is 8.05. The van der Waals surface area contributed by atoms with Crippen molar-refractivity contribution in [1.82, 2.24) is 16.0 Å². The molecule has 1 fully saturated rings. The third-order valence-corrected chi connectivity index (χ3v) is 4.20. The molecule has 1 saturated heterocycles. The highest BCUT2D eigenvalue weighted by Crippen LogP contribution is 2.25. The minimum absolute atomic E-state index is 0.218. The van der Waals surface area contributed by atoms with Gasteiger partial charge in [0.1, 0.15) is 11.6 Å². The van der Waals surface area contributed by atoms with Gasteiger partial charge in [-0.15, -0.1) is 0 Å². The van der Waals surface area contributed by atoms with Gasteiger partial charge in [0.2, 0.25) is 0 Å². The second-order valence-corrected chi connectivity index (χ2v) is 6.12. The molecule has 25 heavy (non-hydrogen) atoms. The molecule has 8 heteroatoms. The number of aliphatic carboxylic acids is 1. The van der Waals surface area contributed by atoms with Crippen molar-refractivity contribution in [3.8, 4) is 0 Å². The third-order valence-electron chi connectivity index (χ3n) is 4.20. The van der Waals surface area contributed by atoms with Gasteiger partial charge in [0.05, 0.1) is 0 Å². The van der Waals surface area contributed by atoms with E-state index in [1.54, 1.807) is 12.1 Å². The van der Waals surface area contributed by atoms with Gasteiger partial charge in [-0.25, -0.2) is 9.59 Å². The number of carbonyl (C=O) groups excluding carboxylic acids is 3. The zero-order chi connectivity index (χ0) is 18.6. The van der Waals surface area contributed by atoms with Gasteiger partial charge in [0.15, 0.2) is 0 Å². The summed E-state index contributed by atoms with van der Waals surface area (Å²) in [5, 5.41) is 16.4. The van der Waals surface area contributed by atoms with Gasteiger partial charge < -0.3 is 15.7 Å². The van der Waals surface area contributed by atoms with Crippen molar-refractivity contribution in [2.75, 3.05) is 0 Å². The summed E-state index contributed by atoms with van der Waals surface area (Å²) in [4.78, 5) is 47.0. The minimum atomic E-state index is -1.28. The minimum Gasteiger partial charge on any atom is -0.480 e. The fourth-order valence-electron chi connectivity index (χ4n) is 2.63. The maximum Gasteiger partial charge on any atom is 0.326 e. The Hall–Kier alpha value is -2.90. The summed E-state index contributed by atoms with van der Waals surface area (Å²) in [5.74, 6) is -2.15. The first-order chi connectivity index (χ1) is 11.8. The highest BCUT2D eigenvalue weighted by atomic mass is 16.4. The maximum absolute atomic E-state index is 12.4. The second kappa shape index (κ2) is 7.33. The van der Waals surface area contributed by atoms with Crippen LogP contribution in [0.1, 0.15) is 49.0 Å². The van der Waals surface area contributed by atoms with Gasteiger partial charge in [0, 0.05) is 5.56 Å². The highest BCUT2D eigenvalue weighted by Gasteiger charge is 2.43. The lowest BCUT2D eigenvalue weighted by atomic mass is 9.91. The quantitative estimate of drug-likeness (QED) is 0.550. The van der Waals surface area contributed by atoms with Crippen molar-refractivity contribution in [2.45, 2.75) is 44.7 Å². The number of carboxylic acids is 1. The SMILES string of the molecule is CCCCC(NC(=O)c1cccc(C2(C)NC(=O)NC2=O)c1)C(=O)O. The predicted octanol–water partition coefficient (Wildman–Crippen LogP) is 1.11. The van der Waals surface area contributed by atoms with Crippen LogP contribution in [0, 0.1) is 0 Å². The molecule has 2 atom stereocenters. The summed E-state index contributed by atoms with van der Waals surface area (Å²) in [7, 11) is 0. The van der Waals surface area contributed by atoms with Crippen LogP contribution in [0.3, 0.4) is 0 Å². The number of imide groups is 1. The number of nitrogens with one attached hydrogen (secondary N) is 3. The van der Waals surface area contributed by atoms with E-state index >= 15 is 0 Å². The van der Waals surface area contributed by atoms with E-state index in [0.29, 0.717) is 18.4 Å². The van der Waals surface area contributed by atoms with Crippen LogP contribution in [-0.2, 0) is 15.1 Å². The third kappa shape index (κ3) is 3.96. The van der Waals surface area contributed by atoms with E-state index < -0.39 is 35.4 Å². The zero-order valence-electron chi connectivity index (χ0n) is 14.1. The second-order valence-electron chi connectivity index (χ2n) is 6.12. The fourth-order valence-corrected chi connectivity index (χ4v) is 2.63. The molecule has 1 heterocycles. The Morgan fingerprint density at radius 1 is 1.32 bits per heavy atom.